The summed E-state index contributed by atoms with van der Waals surface area (Å²) in [5.74, 6) is 0. The van der Waals surface area contributed by atoms with E-state index in [4.69, 9.17) is 0 Å². The lowest BCUT2D eigenvalue weighted by Crippen LogP contribution is -2.62. The quantitative estimate of drug-likeness (QED) is 0.544. The molecule has 2 N–H and O–H groups in total. The number of carbonyl (C=O) groups is 1. The third-order valence-electron chi connectivity index (χ3n) is 2.96. The van der Waals surface area contributed by atoms with Crippen LogP contribution in [0.2, 0.25) is 0 Å². The van der Waals surface area contributed by atoms with Gasteiger partial charge in [0.25, 0.3) is 0 Å². The number of hydrogen-bond acceptors (Lipinski definition) is 3. The van der Waals surface area contributed by atoms with Crippen LogP contribution in [0.5, 0.6) is 0 Å². The summed E-state index contributed by atoms with van der Waals surface area (Å²) in [7, 11) is 0. The lowest BCUT2D eigenvalue weighted by atomic mass is 9.88. The van der Waals surface area contributed by atoms with Gasteiger partial charge in [0.05, 0.1) is 6.04 Å². The maximum absolute atomic E-state index is 10.5. The third-order valence-corrected chi connectivity index (χ3v) is 2.96. The van der Waals surface area contributed by atoms with Crippen molar-refractivity contribution in [2.75, 3.05) is 6.54 Å². The number of nitrogens with one attached hydrogen (secondary N) is 2. The van der Waals surface area contributed by atoms with E-state index in [0.717, 1.165) is 12.8 Å². The molecular weight excluding hydrogens is 152 g/mol. The SMILES string of the molecule is O=CC1CNC2CCCCC2N1. The summed E-state index contributed by atoms with van der Waals surface area (Å²) in [6.07, 6.45) is 6.14. The number of hydrogen-bond donors (Lipinski definition) is 2. The summed E-state index contributed by atoms with van der Waals surface area (Å²) in [5.41, 5.74) is 0. The molecule has 12 heavy (non-hydrogen) atoms. The van der Waals surface area contributed by atoms with Crippen molar-refractivity contribution in [3.8, 4) is 0 Å². The molecule has 0 aromatic rings. The molecule has 0 radical (unpaired) electrons. The molecule has 3 atom stereocenters. The molecule has 3 unspecified atom stereocenters. The summed E-state index contributed by atoms with van der Waals surface area (Å²) < 4.78 is 0. The minimum atomic E-state index is 0.0457. The van der Waals surface area contributed by atoms with Crippen LogP contribution in [0.25, 0.3) is 0 Å². The first-order valence-electron chi connectivity index (χ1n) is 4.85. The predicted octanol–water partition coefficient (Wildman–Crippen LogP) is 0.0579. The van der Waals surface area contributed by atoms with E-state index in [1.165, 1.54) is 25.7 Å². The van der Waals surface area contributed by atoms with E-state index in [2.05, 4.69) is 10.6 Å². The average Bonchev–Trinajstić information content (AvgIpc) is 2.17. The van der Waals surface area contributed by atoms with Crippen molar-refractivity contribution in [3.63, 3.8) is 0 Å². The van der Waals surface area contributed by atoms with Crippen LogP contribution in [-0.2, 0) is 4.79 Å². The van der Waals surface area contributed by atoms with E-state index in [1.54, 1.807) is 0 Å². The van der Waals surface area contributed by atoms with Crippen LogP contribution >= 0.6 is 0 Å². The van der Waals surface area contributed by atoms with E-state index >= 15 is 0 Å². The van der Waals surface area contributed by atoms with Crippen LogP contribution < -0.4 is 10.6 Å². The Morgan fingerprint density at radius 1 is 1.17 bits per heavy atom. The van der Waals surface area contributed by atoms with Crippen LogP contribution in [0.4, 0.5) is 0 Å². The van der Waals surface area contributed by atoms with Gasteiger partial charge in [-0.25, -0.2) is 0 Å². The Balaban J connectivity index is 1.93. The van der Waals surface area contributed by atoms with E-state index in [0.29, 0.717) is 12.1 Å². The van der Waals surface area contributed by atoms with Gasteiger partial charge in [-0.05, 0) is 12.8 Å². The van der Waals surface area contributed by atoms with Gasteiger partial charge >= 0.3 is 0 Å². The molecule has 3 nitrogen and oxygen atoms in total. The van der Waals surface area contributed by atoms with E-state index in [1.807, 2.05) is 0 Å². The fourth-order valence-electron chi connectivity index (χ4n) is 2.27. The van der Waals surface area contributed by atoms with Crippen molar-refractivity contribution < 1.29 is 4.79 Å². The molecule has 0 amide bonds. The fraction of sp³-hybridized carbons (Fsp3) is 0.889. The molecule has 2 fully saturated rings. The first kappa shape index (κ1) is 8.20. The Kier molecular flexibility index (Phi) is 2.42. The highest BCUT2D eigenvalue weighted by Crippen LogP contribution is 2.20. The molecule has 1 heterocycles. The molecule has 1 saturated heterocycles. The van der Waals surface area contributed by atoms with Crippen molar-refractivity contribution in [2.45, 2.75) is 43.8 Å². The summed E-state index contributed by atoms with van der Waals surface area (Å²) in [5, 5.41) is 6.80. The van der Waals surface area contributed by atoms with Gasteiger partial charge in [0.1, 0.15) is 6.29 Å². The molecule has 0 aromatic heterocycles. The standard InChI is InChI=1S/C9H16N2O/c12-6-7-5-10-8-3-1-2-4-9(8)11-7/h6-11H,1-5H2. The van der Waals surface area contributed by atoms with Gasteiger partial charge in [0.2, 0.25) is 0 Å². The Labute approximate surface area is 72.9 Å². The molecule has 1 aliphatic heterocycles. The molecule has 1 saturated carbocycles. The van der Waals surface area contributed by atoms with E-state index in [9.17, 15) is 4.79 Å². The Morgan fingerprint density at radius 2 is 1.92 bits per heavy atom. The highest BCUT2D eigenvalue weighted by Gasteiger charge is 2.30. The second-order valence-corrected chi connectivity index (χ2v) is 3.81. The van der Waals surface area contributed by atoms with Crippen LogP contribution in [0.3, 0.4) is 0 Å². The van der Waals surface area contributed by atoms with Gasteiger partial charge in [-0.2, -0.15) is 0 Å². The molecule has 68 valence electrons. The second-order valence-electron chi connectivity index (χ2n) is 3.81. The summed E-state index contributed by atoms with van der Waals surface area (Å²) in [6.45, 7) is 0.810. The monoisotopic (exact) mass is 168 g/mol. The summed E-state index contributed by atoms with van der Waals surface area (Å²) in [6, 6.07) is 1.21. The molecule has 0 spiro atoms. The van der Waals surface area contributed by atoms with Crippen molar-refractivity contribution in [3.05, 3.63) is 0 Å². The number of carbonyl (C=O) groups excluding carboxylic acids is 1. The topological polar surface area (TPSA) is 41.1 Å². The first-order chi connectivity index (χ1) is 5.90. The van der Waals surface area contributed by atoms with Crippen molar-refractivity contribution >= 4 is 6.29 Å². The Morgan fingerprint density at radius 3 is 2.67 bits per heavy atom. The van der Waals surface area contributed by atoms with Crippen LogP contribution in [-0.4, -0.2) is 31.0 Å². The van der Waals surface area contributed by atoms with Gasteiger partial charge in [-0.15, -0.1) is 0 Å². The first-order valence-corrected chi connectivity index (χ1v) is 4.85. The van der Waals surface area contributed by atoms with Gasteiger partial charge in [-0.1, -0.05) is 12.8 Å². The smallest absolute Gasteiger partial charge is 0.138 e. The summed E-state index contributed by atoms with van der Waals surface area (Å²) in [4.78, 5) is 10.5. The molecule has 3 heteroatoms. The molecule has 0 aromatic carbocycles. The molecule has 0 bridgehead atoms. The summed E-state index contributed by atoms with van der Waals surface area (Å²) >= 11 is 0. The minimum absolute atomic E-state index is 0.0457. The molecule has 2 aliphatic rings. The van der Waals surface area contributed by atoms with Crippen LogP contribution in [0.1, 0.15) is 25.7 Å². The van der Waals surface area contributed by atoms with Gasteiger partial charge in [-0.3, -0.25) is 0 Å². The minimum Gasteiger partial charge on any atom is -0.310 e. The average molecular weight is 168 g/mol. The fourth-order valence-corrected chi connectivity index (χ4v) is 2.27. The second kappa shape index (κ2) is 3.54. The van der Waals surface area contributed by atoms with Crippen molar-refractivity contribution in [1.82, 2.24) is 10.6 Å². The maximum Gasteiger partial charge on any atom is 0.138 e. The van der Waals surface area contributed by atoms with Gasteiger partial charge in [0, 0.05) is 18.6 Å². The lowest BCUT2D eigenvalue weighted by molar-refractivity contribution is -0.110. The lowest BCUT2D eigenvalue weighted by Gasteiger charge is -2.39. The van der Waals surface area contributed by atoms with Gasteiger partial charge in [0.15, 0.2) is 0 Å². The van der Waals surface area contributed by atoms with Crippen LogP contribution in [0, 0.1) is 0 Å². The Bertz CT molecular complexity index is 172. The van der Waals surface area contributed by atoms with Gasteiger partial charge < -0.3 is 15.4 Å². The predicted molar refractivity (Wildman–Crippen MR) is 47.0 cm³/mol. The van der Waals surface area contributed by atoms with E-state index < -0.39 is 0 Å². The number of rotatable bonds is 1. The highest BCUT2D eigenvalue weighted by molar-refractivity contribution is 5.58. The molecule has 2 rings (SSSR count). The zero-order valence-electron chi connectivity index (χ0n) is 7.25. The zero-order chi connectivity index (χ0) is 8.39. The van der Waals surface area contributed by atoms with E-state index in [-0.39, 0.29) is 6.04 Å². The number of piperazine rings is 1. The molecule has 1 aliphatic carbocycles. The maximum atomic E-state index is 10.5. The number of aldehydes is 1. The van der Waals surface area contributed by atoms with Crippen molar-refractivity contribution in [2.24, 2.45) is 0 Å². The zero-order valence-corrected chi connectivity index (χ0v) is 7.25. The normalized spacial score (nSPS) is 41.8. The third kappa shape index (κ3) is 1.52. The Hall–Kier alpha value is -0.410. The van der Waals surface area contributed by atoms with Crippen molar-refractivity contribution in [1.29, 1.82) is 0 Å². The number of fused-ring (bicyclic) bond motifs is 1. The van der Waals surface area contributed by atoms with Crippen LogP contribution in [0.15, 0.2) is 0 Å². The highest BCUT2D eigenvalue weighted by atomic mass is 16.1. The largest absolute Gasteiger partial charge is 0.310 e. The molecular formula is C9H16N2O.